The fourth-order valence-electron chi connectivity index (χ4n) is 2.83. The van der Waals surface area contributed by atoms with Crippen molar-refractivity contribution >= 4 is 16.9 Å². The van der Waals surface area contributed by atoms with Gasteiger partial charge >= 0.3 is 0 Å². The van der Waals surface area contributed by atoms with Crippen LogP contribution in [-0.4, -0.2) is 23.7 Å². The first kappa shape index (κ1) is 13.2. The van der Waals surface area contributed by atoms with E-state index >= 15 is 0 Å². The monoisotopic (exact) mass is 273 g/mol. The number of hydrogen-bond acceptors (Lipinski definition) is 3. The number of benzene rings is 1. The van der Waals surface area contributed by atoms with Gasteiger partial charge in [0.25, 0.3) is 0 Å². The lowest BCUT2D eigenvalue weighted by molar-refractivity contribution is -0.121. The van der Waals surface area contributed by atoms with E-state index in [1.807, 2.05) is 0 Å². The van der Waals surface area contributed by atoms with Crippen LogP contribution in [0, 0.1) is 0 Å². The van der Waals surface area contributed by atoms with Crippen LogP contribution in [0.1, 0.15) is 30.0 Å². The molecule has 0 saturated carbocycles. The summed E-state index contributed by atoms with van der Waals surface area (Å²) in [6.07, 6.45) is 5.39. The number of carbonyl (C=O) groups excluding carboxylic acids is 1. The maximum absolute atomic E-state index is 11.9. The summed E-state index contributed by atoms with van der Waals surface area (Å²) in [5.41, 5.74) is 4.53. The van der Waals surface area contributed by atoms with E-state index in [2.05, 4.69) is 17.4 Å². The third kappa shape index (κ3) is 2.43. The number of carbonyl (C=O) groups is 1. The van der Waals surface area contributed by atoms with Crippen molar-refractivity contribution in [3.8, 4) is 0 Å². The van der Waals surface area contributed by atoms with Crippen LogP contribution in [0.3, 0.4) is 0 Å². The van der Waals surface area contributed by atoms with Crippen LogP contribution in [0.15, 0.2) is 22.8 Å². The van der Waals surface area contributed by atoms with Crippen LogP contribution in [0.5, 0.6) is 0 Å². The number of fused-ring (bicyclic) bond motifs is 2. The second-order valence-corrected chi connectivity index (χ2v) is 5.56. The van der Waals surface area contributed by atoms with Gasteiger partial charge in [-0.3, -0.25) is 4.79 Å². The van der Waals surface area contributed by atoms with Gasteiger partial charge in [0.1, 0.15) is 5.58 Å². The number of furan rings is 1. The van der Waals surface area contributed by atoms with Gasteiger partial charge in [0.15, 0.2) is 0 Å². The van der Waals surface area contributed by atoms with E-state index in [-0.39, 0.29) is 25.0 Å². The van der Waals surface area contributed by atoms with E-state index < -0.39 is 0 Å². The summed E-state index contributed by atoms with van der Waals surface area (Å²) in [5.74, 6) is -0.0882. The fraction of sp³-hybridized carbons (Fsp3) is 0.438. The van der Waals surface area contributed by atoms with Crippen molar-refractivity contribution in [2.45, 2.75) is 38.6 Å². The standard InChI is InChI=1S/C16H19NO3/c1-10(8-18)17-16(19)7-13-9-20-15-6-12-4-2-3-11(12)5-14(13)15/h5-6,9-10,18H,2-4,7-8H2,1H3,(H,17,19). The van der Waals surface area contributed by atoms with Crippen LogP contribution >= 0.6 is 0 Å². The van der Waals surface area contributed by atoms with Crippen LogP contribution in [0.4, 0.5) is 0 Å². The molecule has 0 aliphatic heterocycles. The molecule has 0 radical (unpaired) electrons. The van der Waals surface area contributed by atoms with Gasteiger partial charge in [0.05, 0.1) is 19.3 Å². The molecule has 2 N–H and O–H groups in total. The van der Waals surface area contributed by atoms with Crippen molar-refractivity contribution in [2.75, 3.05) is 6.61 Å². The van der Waals surface area contributed by atoms with Crippen LogP contribution in [-0.2, 0) is 24.1 Å². The Morgan fingerprint density at radius 3 is 2.90 bits per heavy atom. The van der Waals surface area contributed by atoms with Gasteiger partial charge in [-0.1, -0.05) is 0 Å². The van der Waals surface area contributed by atoms with Crippen LogP contribution in [0.25, 0.3) is 11.0 Å². The van der Waals surface area contributed by atoms with Gasteiger partial charge in [-0.15, -0.1) is 0 Å². The predicted octanol–water partition coefficient (Wildman–Crippen LogP) is 1.96. The number of aryl methyl sites for hydroxylation is 2. The second-order valence-electron chi connectivity index (χ2n) is 5.56. The Morgan fingerprint density at radius 1 is 1.40 bits per heavy atom. The molecule has 1 aliphatic carbocycles. The Hall–Kier alpha value is -1.81. The van der Waals surface area contributed by atoms with E-state index in [9.17, 15) is 4.79 Å². The minimum absolute atomic E-state index is 0.0502. The highest BCUT2D eigenvalue weighted by atomic mass is 16.3. The summed E-state index contributed by atoms with van der Waals surface area (Å²) >= 11 is 0. The Morgan fingerprint density at radius 2 is 2.15 bits per heavy atom. The van der Waals surface area contributed by atoms with E-state index in [1.165, 1.54) is 17.5 Å². The molecule has 4 nitrogen and oxygen atoms in total. The lowest BCUT2D eigenvalue weighted by Crippen LogP contribution is -2.35. The first-order valence-corrected chi connectivity index (χ1v) is 7.09. The highest BCUT2D eigenvalue weighted by molar-refractivity contribution is 5.88. The molecule has 2 aromatic rings. The topological polar surface area (TPSA) is 62.5 Å². The molecule has 0 spiro atoms. The summed E-state index contributed by atoms with van der Waals surface area (Å²) in [6.45, 7) is 1.73. The molecule has 1 unspecified atom stereocenters. The highest BCUT2D eigenvalue weighted by Gasteiger charge is 2.17. The summed E-state index contributed by atoms with van der Waals surface area (Å²) < 4.78 is 5.58. The molecule has 3 rings (SSSR count). The highest BCUT2D eigenvalue weighted by Crippen LogP contribution is 2.30. The minimum Gasteiger partial charge on any atom is -0.464 e. The van der Waals surface area contributed by atoms with Crippen LogP contribution in [0.2, 0.25) is 0 Å². The molecule has 20 heavy (non-hydrogen) atoms. The second kappa shape index (κ2) is 5.29. The maximum atomic E-state index is 11.9. The van der Waals surface area contributed by atoms with Crippen molar-refractivity contribution in [1.82, 2.24) is 5.32 Å². The number of rotatable bonds is 4. The molecular formula is C16H19NO3. The molecule has 1 aromatic carbocycles. The molecule has 1 heterocycles. The van der Waals surface area contributed by atoms with Gasteiger partial charge in [-0.2, -0.15) is 0 Å². The van der Waals surface area contributed by atoms with Crippen molar-refractivity contribution in [3.63, 3.8) is 0 Å². The summed E-state index contributed by atoms with van der Waals surface area (Å²) in [6, 6.07) is 4.05. The molecule has 0 saturated heterocycles. The lowest BCUT2D eigenvalue weighted by atomic mass is 10.0. The first-order valence-electron chi connectivity index (χ1n) is 7.09. The summed E-state index contributed by atoms with van der Waals surface area (Å²) in [5, 5.41) is 12.7. The Kier molecular flexibility index (Phi) is 3.49. The van der Waals surface area contributed by atoms with E-state index in [1.54, 1.807) is 13.2 Å². The third-order valence-corrected chi connectivity index (χ3v) is 3.90. The number of nitrogens with one attached hydrogen (secondary N) is 1. The van der Waals surface area contributed by atoms with Crippen molar-refractivity contribution in [3.05, 3.63) is 35.1 Å². The summed E-state index contributed by atoms with van der Waals surface area (Å²) in [4.78, 5) is 11.9. The largest absolute Gasteiger partial charge is 0.464 e. The molecule has 0 bridgehead atoms. The first-order chi connectivity index (χ1) is 9.67. The third-order valence-electron chi connectivity index (χ3n) is 3.90. The molecule has 4 heteroatoms. The fourth-order valence-corrected chi connectivity index (χ4v) is 2.83. The number of hydrogen-bond donors (Lipinski definition) is 2. The van der Waals surface area contributed by atoms with E-state index in [0.29, 0.717) is 0 Å². The molecular weight excluding hydrogens is 254 g/mol. The zero-order valence-corrected chi connectivity index (χ0v) is 11.6. The molecule has 1 atom stereocenters. The van der Waals surface area contributed by atoms with Crippen molar-refractivity contribution < 1.29 is 14.3 Å². The average Bonchev–Trinajstić information content (AvgIpc) is 3.03. The zero-order chi connectivity index (χ0) is 14.1. The van der Waals surface area contributed by atoms with Gasteiger partial charge in [-0.05, 0) is 49.4 Å². The predicted molar refractivity (Wildman–Crippen MR) is 76.6 cm³/mol. The van der Waals surface area contributed by atoms with Gasteiger partial charge in [-0.25, -0.2) is 0 Å². The smallest absolute Gasteiger partial charge is 0.224 e. The van der Waals surface area contributed by atoms with E-state index in [0.717, 1.165) is 29.4 Å². The van der Waals surface area contributed by atoms with Gasteiger partial charge in [0, 0.05) is 17.0 Å². The van der Waals surface area contributed by atoms with Gasteiger partial charge in [0.2, 0.25) is 5.91 Å². The van der Waals surface area contributed by atoms with Crippen molar-refractivity contribution in [2.24, 2.45) is 0 Å². The quantitative estimate of drug-likeness (QED) is 0.895. The number of aliphatic hydroxyl groups is 1. The molecule has 106 valence electrons. The van der Waals surface area contributed by atoms with E-state index in [4.69, 9.17) is 9.52 Å². The number of amides is 1. The number of aliphatic hydroxyl groups excluding tert-OH is 1. The van der Waals surface area contributed by atoms with Crippen LogP contribution < -0.4 is 5.32 Å². The zero-order valence-electron chi connectivity index (χ0n) is 11.6. The average molecular weight is 273 g/mol. The Labute approximate surface area is 117 Å². The Bertz CT molecular complexity index is 644. The lowest BCUT2D eigenvalue weighted by Gasteiger charge is -2.10. The maximum Gasteiger partial charge on any atom is 0.224 e. The van der Waals surface area contributed by atoms with Gasteiger partial charge < -0.3 is 14.8 Å². The SMILES string of the molecule is CC(CO)NC(=O)Cc1coc2cc3c(cc12)CCC3. The minimum atomic E-state index is -0.218. The summed E-state index contributed by atoms with van der Waals surface area (Å²) in [7, 11) is 0. The molecule has 0 fully saturated rings. The van der Waals surface area contributed by atoms with Crippen molar-refractivity contribution in [1.29, 1.82) is 0 Å². The Balaban J connectivity index is 1.83. The molecule has 1 aromatic heterocycles. The molecule has 1 aliphatic rings. The molecule has 1 amide bonds. The normalized spacial score (nSPS) is 15.3.